The van der Waals surface area contributed by atoms with Crippen LogP contribution in [0.4, 0.5) is 4.79 Å². The van der Waals surface area contributed by atoms with Crippen molar-refractivity contribution in [1.29, 1.82) is 0 Å². The maximum absolute atomic E-state index is 11.6. The fraction of sp³-hybridized carbons (Fsp3) is 0.867. The van der Waals surface area contributed by atoms with Crippen LogP contribution in [0.15, 0.2) is 0 Å². The minimum absolute atomic E-state index is 0.184. The third-order valence-electron chi connectivity index (χ3n) is 2.05. The molecule has 6 nitrogen and oxygen atoms in total. The SMILES string of the molecule is CC(CC(=O)OC(C)(C)C)OCCNC(=O)OC(C)(C)C. The van der Waals surface area contributed by atoms with Gasteiger partial charge in [-0.2, -0.15) is 0 Å². The van der Waals surface area contributed by atoms with Gasteiger partial charge in [0.1, 0.15) is 11.2 Å². The maximum Gasteiger partial charge on any atom is 0.407 e. The summed E-state index contributed by atoms with van der Waals surface area (Å²) in [6, 6.07) is 0. The standard InChI is InChI=1S/C15H29NO5/c1-11(10-12(17)20-14(2,3)4)19-9-8-16-13(18)21-15(5,6)7/h11H,8-10H2,1-7H3,(H,16,18). The van der Waals surface area contributed by atoms with E-state index in [9.17, 15) is 9.59 Å². The number of amides is 1. The Morgan fingerprint density at radius 2 is 1.52 bits per heavy atom. The molecule has 0 aliphatic rings. The highest BCUT2D eigenvalue weighted by molar-refractivity contribution is 5.70. The monoisotopic (exact) mass is 303 g/mol. The van der Waals surface area contributed by atoms with Crippen LogP contribution in [0.3, 0.4) is 0 Å². The summed E-state index contributed by atoms with van der Waals surface area (Å²) < 4.78 is 15.7. The van der Waals surface area contributed by atoms with Crippen molar-refractivity contribution in [3.63, 3.8) is 0 Å². The van der Waals surface area contributed by atoms with Gasteiger partial charge in [0.15, 0.2) is 0 Å². The van der Waals surface area contributed by atoms with Gasteiger partial charge in [0.2, 0.25) is 0 Å². The highest BCUT2D eigenvalue weighted by atomic mass is 16.6. The lowest BCUT2D eigenvalue weighted by molar-refractivity contribution is -0.157. The molecule has 0 saturated heterocycles. The van der Waals surface area contributed by atoms with E-state index in [0.29, 0.717) is 13.2 Å². The summed E-state index contributed by atoms with van der Waals surface area (Å²) in [4.78, 5) is 22.9. The Balaban J connectivity index is 3.78. The van der Waals surface area contributed by atoms with E-state index in [0.717, 1.165) is 0 Å². The molecule has 0 spiro atoms. The minimum Gasteiger partial charge on any atom is -0.460 e. The van der Waals surface area contributed by atoms with E-state index < -0.39 is 17.3 Å². The largest absolute Gasteiger partial charge is 0.460 e. The van der Waals surface area contributed by atoms with E-state index in [4.69, 9.17) is 14.2 Å². The van der Waals surface area contributed by atoms with Crippen LogP contribution in [0.2, 0.25) is 0 Å². The van der Waals surface area contributed by atoms with Crippen molar-refractivity contribution in [2.75, 3.05) is 13.2 Å². The Morgan fingerprint density at radius 1 is 1.00 bits per heavy atom. The van der Waals surface area contributed by atoms with Crippen LogP contribution in [0.1, 0.15) is 54.9 Å². The van der Waals surface area contributed by atoms with E-state index in [-0.39, 0.29) is 18.5 Å². The van der Waals surface area contributed by atoms with Crippen LogP contribution in [0.25, 0.3) is 0 Å². The molecule has 1 unspecified atom stereocenters. The van der Waals surface area contributed by atoms with E-state index in [1.165, 1.54) is 0 Å². The number of alkyl carbamates (subject to hydrolysis) is 1. The summed E-state index contributed by atoms with van der Waals surface area (Å²) in [6.07, 6.45) is -0.560. The number of ether oxygens (including phenoxy) is 3. The molecule has 1 atom stereocenters. The summed E-state index contributed by atoms with van der Waals surface area (Å²) in [6.45, 7) is 13.3. The summed E-state index contributed by atoms with van der Waals surface area (Å²) in [7, 11) is 0. The second-order valence-electron chi connectivity index (χ2n) is 6.90. The molecular weight excluding hydrogens is 274 g/mol. The molecule has 124 valence electrons. The van der Waals surface area contributed by atoms with Gasteiger partial charge in [-0.1, -0.05) is 0 Å². The van der Waals surface area contributed by atoms with Gasteiger partial charge in [0, 0.05) is 6.54 Å². The van der Waals surface area contributed by atoms with Crippen molar-refractivity contribution >= 4 is 12.1 Å². The normalized spacial score (nSPS) is 13.5. The molecule has 0 aromatic heterocycles. The molecule has 21 heavy (non-hydrogen) atoms. The lowest BCUT2D eigenvalue weighted by Gasteiger charge is -2.21. The molecule has 0 fully saturated rings. The third kappa shape index (κ3) is 13.4. The van der Waals surface area contributed by atoms with E-state index in [1.807, 2.05) is 20.8 Å². The Kier molecular flexibility index (Phi) is 7.71. The quantitative estimate of drug-likeness (QED) is 0.603. The van der Waals surface area contributed by atoms with Crippen molar-refractivity contribution in [3.8, 4) is 0 Å². The fourth-order valence-electron chi connectivity index (χ4n) is 1.40. The molecule has 0 aromatic carbocycles. The summed E-state index contributed by atoms with van der Waals surface area (Å²) in [5, 5.41) is 2.58. The lowest BCUT2D eigenvalue weighted by Crippen LogP contribution is -2.35. The van der Waals surface area contributed by atoms with Gasteiger partial charge in [-0.25, -0.2) is 4.79 Å². The van der Waals surface area contributed by atoms with Crippen LogP contribution < -0.4 is 5.32 Å². The van der Waals surface area contributed by atoms with Gasteiger partial charge in [0.25, 0.3) is 0 Å². The van der Waals surface area contributed by atoms with Crippen molar-refractivity contribution in [2.24, 2.45) is 0 Å². The van der Waals surface area contributed by atoms with Gasteiger partial charge < -0.3 is 19.5 Å². The highest BCUT2D eigenvalue weighted by Crippen LogP contribution is 2.10. The van der Waals surface area contributed by atoms with Crippen molar-refractivity contribution in [1.82, 2.24) is 5.32 Å². The average Bonchev–Trinajstić information content (AvgIpc) is 2.18. The number of carbonyl (C=O) groups is 2. The number of nitrogens with one attached hydrogen (secondary N) is 1. The molecule has 0 aliphatic carbocycles. The van der Waals surface area contributed by atoms with Gasteiger partial charge in [0.05, 0.1) is 19.1 Å². The number of hydrogen-bond donors (Lipinski definition) is 1. The highest BCUT2D eigenvalue weighted by Gasteiger charge is 2.19. The van der Waals surface area contributed by atoms with Crippen molar-refractivity contribution in [2.45, 2.75) is 72.2 Å². The van der Waals surface area contributed by atoms with Crippen LogP contribution in [-0.4, -0.2) is 42.5 Å². The Morgan fingerprint density at radius 3 is 2.00 bits per heavy atom. The van der Waals surface area contributed by atoms with Gasteiger partial charge in [-0.15, -0.1) is 0 Å². The maximum atomic E-state index is 11.6. The second kappa shape index (κ2) is 8.22. The van der Waals surface area contributed by atoms with Crippen molar-refractivity contribution < 1.29 is 23.8 Å². The first-order chi connectivity index (χ1) is 9.39. The van der Waals surface area contributed by atoms with E-state index in [2.05, 4.69) is 5.32 Å². The van der Waals surface area contributed by atoms with Gasteiger partial charge >= 0.3 is 12.1 Å². The number of carbonyl (C=O) groups excluding carboxylic acids is 2. The molecule has 0 bridgehead atoms. The molecule has 1 N–H and O–H groups in total. The zero-order valence-corrected chi connectivity index (χ0v) is 14.2. The second-order valence-corrected chi connectivity index (χ2v) is 6.90. The molecule has 6 heteroatoms. The van der Waals surface area contributed by atoms with Crippen LogP contribution >= 0.6 is 0 Å². The predicted octanol–water partition coefficient (Wildman–Crippen LogP) is 2.65. The van der Waals surface area contributed by atoms with Gasteiger partial charge in [-0.05, 0) is 48.5 Å². The lowest BCUT2D eigenvalue weighted by atomic mass is 10.2. The first-order valence-electron chi connectivity index (χ1n) is 7.19. The molecule has 0 heterocycles. The molecule has 0 rings (SSSR count). The molecule has 0 aliphatic heterocycles. The zero-order chi connectivity index (χ0) is 16.7. The summed E-state index contributed by atoms with van der Waals surface area (Å²) >= 11 is 0. The van der Waals surface area contributed by atoms with Crippen molar-refractivity contribution in [3.05, 3.63) is 0 Å². The van der Waals surface area contributed by atoms with Crippen LogP contribution in [-0.2, 0) is 19.0 Å². The molecule has 0 aromatic rings. The topological polar surface area (TPSA) is 73.9 Å². The summed E-state index contributed by atoms with van der Waals surface area (Å²) in [5.74, 6) is -0.296. The minimum atomic E-state index is -0.519. The van der Waals surface area contributed by atoms with Crippen LogP contribution in [0, 0.1) is 0 Å². The number of rotatable bonds is 6. The molecule has 1 amide bonds. The van der Waals surface area contributed by atoms with E-state index >= 15 is 0 Å². The average molecular weight is 303 g/mol. The summed E-state index contributed by atoms with van der Waals surface area (Å²) in [5.41, 5.74) is -1.01. The Labute approximate surface area is 127 Å². The number of esters is 1. The predicted molar refractivity (Wildman–Crippen MR) is 80.1 cm³/mol. The number of hydrogen-bond acceptors (Lipinski definition) is 5. The first-order valence-corrected chi connectivity index (χ1v) is 7.19. The molecule has 0 saturated carbocycles. The first kappa shape index (κ1) is 19.7. The third-order valence-corrected chi connectivity index (χ3v) is 2.05. The zero-order valence-electron chi connectivity index (χ0n) is 14.2. The smallest absolute Gasteiger partial charge is 0.407 e. The Hall–Kier alpha value is -1.30. The van der Waals surface area contributed by atoms with E-state index in [1.54, 1.807) is 27.7 Å². The Bertz CT molecular complexity index is 341. The molecular formula is C15H29NO5. The fourth-order valence-corrected chi connectivity index (χ4v) is 1.40. The van der Waals surface area contributed by atoms with Gasteiger partial charge in [-0.3, -0.25) is 4.79 Å². The van der Waals surface area contributed by atoms with Crippen LogP contribution in [0.5, 0.6) is 0 Å². The molecule has 0 radical (unpaired) electrons.